The Morgan fingerprint density at radius 3 is 2.54 bits per heavy atom. The highest BCUT2D eigenvalue weighted by Crippen LogP contribution is 2.20. The first-order valence-corrected chi connectivity index (χ1v) is 10.3. The lowest BCUT2D eigenvalue weighted by molar-refractivity contribution is 0.0905. The van der Waals surface area contributed by atoms with Gasteiger partial charge in [-0.1, -0.05) is 24.3 Å². The zero-order valence-corrected chi connectivity index (χ0v) is 18.2. The fourth-order valence-corrected chi connectivity index (χ4v) is 3.69. The monoisotopic (exact) mass is 397 g/mol. The second-order valence-corrected chi connectivity index (χ2v) is 8.21. The highest BCUT2D eigenvalue weighted by Gasteiger charge is 2.21. The molecule has 1 fully saturated rings. The second-order valence-electron chi connectivity index (χ2n) is 7.82. The van der Waals surface area contributed by atoms with Crippen LogP contribution in [0.15, 0.2) is 42.5 Å². The molecule has 1 N–H and O–H groups in total. The van der Waals surface area contributed by atoms with Crippen molar-refractivity contribution in [2.24, 2.45) is 0 Å². The van der Waals surface area contributed by atoms with Crippen molar-refractivity contribution in [2.75, 3.05) is 37.5 Å². The average Bonchev–Trinajstić information content (AvgIpc) is 3.17. The Morgan fingerprint density at radius 2 is 1.89 bits per heavy atom. The minimum absolute atomic E-state index is 0.249. The molecule has 2 aromatic carbocycles. The molecule has 150 valence electrons. The van der Waals surface area contributed by atoms with E-state index in [2.05, 4.69) is 85.5 Å². The molecule has 1 aliphatic rings. The van der Waals surface area contributed by atoms with Crippen LogP contribution in [0.5, 0.6) is 0 Å². The van der Waals surface area contributed by atoms with Crippen LogP contribution in [0.25, 0.3) is 0 Å². The van der Waals surface area contributed by atoms with Crippen molar-refractivity contribution in [3.05, 3.63) is 59.2 Å². The van der Waals surface area contributed by atoms with Gasteiger partial charge in [-0.2, -0.15) is 0 Å². The summed E-state index contributed by atoms with van der Waals surface area (Å²) >= 11 is 5.81. The smallest absolute Gasteiger partial charge is 0.173 e. The third-order valence-electron chi connectivity index (χ3n) is 5.20. The maximum atomic E-state index is 5.88. The summed E-state index contributed by atoms with van der Waals surface area (Å²) in [6, 6.07) is 15.1. The molecule has 0 radical (unpaired) electrons. The number of aryl methyl sites for hydroxylation is 2. The number of thiocarbonyl (C=S) groups is 1. The summed E-state index contributed by atoms with van der Waals surface area (Å²) in [5, 5.41) is 4.22. The van der Waals surface area contributed by atoms with E-state index in [-0.39, 0.29) is 6.10 Å². The van der Waals surface area contributed by atoms with Gasteiger partial charge >= 0.3 is 0 Å². The van der Waals surface area contributed by atoms with Gasteiger partial charge in [0.15, 0.2) is 5.11 Å². The van der Waals surface area contributed by atoms with Gasteiger partial charge in [-0.05, 0) is 73.8 Å². The zero-order chi connectivity index (χ0) is 20.1. The number of anilines is 2. The molecule has 4 nitrogen and oxygen atoms in total. The van der Waals surface area contributed by atoms with Gasteiger partial charge in [-0.15, -0.1) is 0 Å². The first kappa shape index (κ1) is 20.6. The second kappa shape index (κ2) is 9.39. The van der Waals surface area contributed by atoms with E-state index in [9.17, 15) is 0 Å². The van der Waals surface area contributed by atoms with Crippen LogP contribution >= 0.6 is 12.2 Å². The predicted octanol–water partition coefficient (Wildman–Crippen LogP) is 4.75. The van der Waals surface area contributed by atoms with Crippen LogP contribution in [0, 0.1) is 13.8 Å². The minimum atomic E-state index is 0.249. The van der Waals surface area contributed by atoms with E-state index in [1.165, 1.54) is 22.4 Å². The van der Waals surface area contributed by atoms with Gasteiger partial charge in [0, 0.05) is 45.2 Å². The van der Waals surface area contributed by atoms with E-state index in [0.29, 0.717) is 0 Å². The molecule has 0 aromatic heterocycles. The first-order valence-electron chi connectivity index (χ1n) is 9.93. The molecular weight excluding hydrogens is 366 g/mol. The fraction of sp³-hybridized carbons (Fsp3) is 0.435. The number of rotatable bonds is 6. The van der Waals surface area contributed by atoms with Crippen LogP contribution in [0.2, 0.25) is 0 Å². The molecule has 0 saturated carbocycles. The molecule has 0 spiro atoms. The lowest BCUT2D eigenvalue weighted by Gasteiger charge is -2.29. The SMILES string of the molecule is Cc1ccc(C)c(NC(=S)N(Cc2ccc(N(C)C)cc2)C[C@@H]2CCCO2)c1. The van der Waals surface area contributed by atoms with Gasteiger partial charge in [-0.25, -0.2) is 0 Å². The summed E-state index contributed by atoms with van der Waals surface area (Å²) in [5.41, 5.74) is 5.94. The van der Waals surface area contributed by atoms with E-state index in [1.54, 1.807) is 0 Å². The summed E-state index contributed by atoms with van der Waals surface area (Å²) in [6.45, 7) is 6.64. The Kier molecular flexibility index (Phi) is 6.92. The van der Waals surface area contributed by atoms with Crippen molar-refractivity contribution < 1.29 is 4.74 Å². The van der Waals surface area contributed by atoms with Gasteiger partial charge in [0.05, 0.1) is 6.10 Å². The van der Waals surface area contributed by atoms with Crippen LogP contribution in [-0.2, 0) is 11.3 Å². The Morgan fingerprint density at radius 1 is 1.14 bits per heavy atom. The van der Waals surface area contributed by atoms with Gasteiger partial charge in [0.1, 0.15) is 0 Å². The van der Waals surface area contributed by atoms with Crippen molar-refractivity contribution >= 4 is 28.7 Å². The van der Waals surface area contributed by atoms with Crippen LogP contribution in [-0.4, -0.2) is 43.4 Å². The number of ether oxygens (including phenoxy) is 1. The first-order chi connectivity index (χ1) is 13.4. The van der Waals surface area contributed by atoms with E-state index in [1.807, 2.05) is 0 Å². The average molecular weight is 398 g/mol. The van der Waals surface area contributed by atoms with Crippen LogP contribution < -0.4 is 10.2 Å². The molecule has 2 aromatic rings. The molecule has 1 saturated heterocycles. The van der Waals surface area contributed by atoms with Gasteiger partial charge < -0.3 is 19.9 Å². The number of benzene rings is 2. The Hall–Kier alpha value is -2.11. The summed E-state index contributed by atoms with van der Waals surface area (Å²) in [6.07, 6.45) is 2.48. The van der Waals surface area contributed by atoms with Crippen molar-refractivity contribution in [1.82, 2.24) is 4.90 Å². The molecule has 0 aliphatic carbocycles. The molecule has 1 heterocycles. The number of nitrogens with zero attached hydrogens (tertiary/aromatic N) is 2. The standard InChI is InChI=1S/C23H31N3OS/c1-17-7-8-18(2)22(14-17)24-23(28)26(16-21-6-5-13-27-21)15-19-9-11-20(12-10-19)25(3)4/h7-12,14,21H,5-6,13,15-16H2,1-4H3,(H,24,28)/t21-/m0/s1. The maximum Gasteiger partial charge on any atom is 0.173 e. The van der Waals surface area contributed by atoms with Crippen LogP contribution in [0.3, 0.4) is 0 Å². The van der Waals surface area contributed by atoms with E-state index in [0.717, 1.165) is 43.3 Å². The van der Waals surface area contributed by atoms with E-state index >= 15 is 0 Å². The quantitative estimate of drug-likeness (QED) is 0.710. The molecule has 0 amide bonds. The minimum Gasteiger partial charge on any atom is -0.378 e. The Labute approximate surface area is 174 Å². The van der Waals surface area contributed by atoms with Crippen LogP contribution in [0.1, 0.15) is 29.5 Å². The van der Waals surface area contributed by atoms with Gasteiger partial charge in [0.25, 0.3) is 0 Å². The van der Waals surface area contributed by atoms with E-state index < -0.39 is 0 Å². The highest BCUT2D eigenvalue weighted by molar-refractivity contribution is 7.80. The zero-order valence-electron chi connectivity index (χ0n) is 17.4. The fourth-order valence-electron chi connectivity index (χ4n) is 3.44. The van der Waals surface area contributed by atoms with E-state index in [4.69, 9.17) is 17.0 Å². The lowest BCUT2D eigenvalue weighted by atomic mass is 10.1. The summed E-state index contributed by atoms with van der Waals surface area (Å²) in [5.74, 6) is 0. The summed E-state index contributed by atoms with van der Waals surface area (Å²) < 4.78 is 5.88. The number of nitrogens with one attached hydrogen (secondary N) is 1. The van der Waals surface area contributed by atoms with Crippen molar-refractivity contribution in [3.8, 4) is 0 Å². The molecule has 3 rings (SSSR count). The van der Waals surface area contributed by atoms with Gasteiger partial charge in [-0.3, -0.25) is 0 Å². The summed E-state index contributed by atoms with van der Waals surface area (Å²) in [4.78, 5) is 4.35. The molecule has 5 heteroatoms. The Balaban J connectivity index is 1.75. The summed E-state index contributed by atoms with van der Waals surface area (Å²) in [7, 11) is 4.12. The van der Waals surface area contributed by atoms with Gasteiger partial charge in [0.2, 0.25) is 0 Å². The van der Waals surface area contributed by atoms with Crippen molar-refractivity contribution in [3.63, 3.8) is 0 Å². The Bertz CT molecular complexity index is 798. The highest BCUT2D eigenvalue weighted by atomic mass is 32.1. The molecular formula is C23H31N3OS. The number of hydrogen-bond donors (Lipinski definition) is 1. The third kappa shape index (κ3) is 5.46. The largest absolute Gasteiger partial charge is 0.378 e. The number of hydrogen-bond acceptors (Lipinski definition) is 3. The molecule has 28 heavy (non-hydrogen) atoms. The maximum absolute atomic E-state index is 5.88. The van der Waals surface area contributed by atoms with Crippen molar-refractivity contribution in [2.45, 2.75) is 39.3 Å². The molecule has 1 aliphatic heterocycles. The molecule has 1 atom stereocenters. The molecule has 0 unspecified atom stereocenters. The molecule has 0 bridgehead atoms. The lowest BCUT2D eigenvalue weighted by Crippen LogP contribution is -2.39. The van der Waals surface area contributed by atoms with Crippen LogP contribution in [0.4, 0.5) is 11.4 Å². The van der Waals surface area contributed by atoms with Crippen molar-refractivity contribution in [1.29, 1.82) is 0 Å². The predicted molar refractivity (Wildman–Crippen MR) is 122 cm³/mol. The third-order valence-corrected chi connectivity index (χ3v) is 5.56. The normalized spacial score (nSPS) is 16.1. The topological polar surface area (TPSA) is 27.7 Å².